The molecule has 0 spiro atoms. The zero-order valence-corrected chi connectivity index (χ0v) is 16.6. The van der Waals surface area contributed by atoms with Crippen molar-refractivity contribution in [3.63, 3.8) is 0 Å². The van der Waals surface area contributed by atoms with Gasteiger partial charge in [0.25, 0.3) is 0 Å². The van der Waals surface area contributed by atoms with E-state index in [1.165, 1.54) is 23.3 Å². The zero-order valence-electron chi connectivity index (χ0n) is 15.8. The van der Waals surface area contributed by atoms with E-state index in [-0.39, 0.29) is 16.6 Å². The lowest BCUT2D eigenvalue weighted by molar-refractivity contribution is 0.328. The van der Waals surface area contributed by atoms with Crippen molar-refractivity contribution in [1.82, 2.24) is 28.4 Å². The third-order valence-corrected chi connectivity index (χ3v) is 7.50. The molecule has 0 amide bonds. The molecule has 1 aliphatic carbocycles. The van der Waals surface area contributed by atoms with Crippen LogP contribution in [0.3, 0.4) is 0 Å². The topological polar surface area (TPSA) is 95.0 Å². The first-order valence-electron chi connectivity index (χ1n) is 9.57. The lowest BCUT2D eigenvalue weighted by Crippen LogP contribution is -2.37. The molecule has 0 bridgehead atoms. The van der Waals surface area contributed by atoms with Crippen LogP contribution in [0.1, 0.15) is 38.4 Å². The molecular weight excluding hydrogens is 368 g/mol. The van der Waals surface area contributed by atoms with E-state index in [2.05, 4.69) is 10.2 Å². The van der Waals surface area contributed by atoms with Crippen LogP contribution < -0.4 is 5.69 Å². The average Bonchev–Trinajstić information content (AvgIpc) is 3.30. The summed E-state index contributed by atoms with van der Waals surface area (Å²) >= 11 is 0. The molecule has 2 aromatic heterocycles. The molecule has 4 rings (SSSR count). The van der Waals surface area contributed by atoms with Gasteiger partial charge >= 0.3 is 5.69 Å². The molecule has 0 saturated heterocycles. The maximum absolute atomic E-state index is 12.9. The van der Waals surface area contributed by atoms with E-state index in [9.17, 15) is 13.2 Å². The lowest BCUT2D eigenvalue weighted by Gasteiger charge is -2.25. The van der Waals surface area contributed by atoms with Gasteiger partial charge < -0.3 is 0 Å². The first-order valence-corrected chi connectivity index (χ1v) is 11.0. The van der Waals surface area contributed by atoms with Crippen LogP contribution in [-0.4, -0.2) is 49.9 Å². The Hall–Kier alpha value is -1.94. The number of sulfonamides is 1. The zero-order chi connectivity index (χ0) is 19.2. The first-order chi connectivity index (χ1) is 12.9. The summed E-state index contributed by atoms with van der Waals surface area (Å²) in [5, 5.41) is 8.58. The highest BCUT2D eigenvalue weighted by atomic mass is 32.2. The minimum absolute atomic E-state index is 0.0627. The first kappa shape index (κ1) is 18.4. The van der Waals surface area contributed by atoms with Gasteiger partial charge in [-0.3, -0.25) is 9.25 Å². The van der Waals surface area contributed by atoms with Crippen LogP contribution in [0.5, 0.6) is 0 Å². The average molecular weight is 395 g/mol. The Labute approximate surface area is 158 Å². The van der Waals surface area contributed by atoms with Crippen molar-refractivity contribution in [1.29, 1.82) is 0 Å². The van der Waals surface area contributed by atoms with Gasteiger partial charge in [-0.15, -0.1) is 0 Å². The molecule has 27 heavy (non-hydrogen) atoms. The molecule has 1 unspecified atom stereocenters. The Morgan fingerprint density at radius 1 is 1.26 bits per heavy atom. The van der Waals surface area contributed by atoms with Crippen molar-refractivity contribution >= 4 is 10.0 Å². The molecule has 0 radical (unpaired) electrons. The van der Waals surface area contributed by atoms with E-state index in [1.54, 1.807) is 27.2 Å². The van der Waals surface area contributed by atoms with Crippen LogP contribution in [0, 0.1) is 5.92 Å². The van der Waals surface area contributed by atoms with Crippen molar-refractivity contribution in [2.24, 2.45) is 5.92 Å². The van der Waals surface area contributed by atoms with Crippen LogP contribution in [-0.2, 0) is 36.1 Å². The van der Waals surface area contributed by atoms with Crippen molar-refractivity contribution in [3.8, 4) is 0 Å². The summed E-state index contributed by atoms with van der Waals surface area (Å²) in [4.78, 5) is 12.8. The molecule has 2 aromatic rings. The molecule has 0 N–H and O–H groups in total. The molecule has 148 valence electrons. The van der Waals surface area contributed by atoms with E-state index in [0.717, 1.165) is 5.82 Å². The summed E-state index contributed by atoms with van der Waals surface area (Å²) in [7, 11) is -1.99. The molecule has 9 nitrogen and oxygen atoms in total. The second-order valence-electron chi connectivity index (χ2n) is 7.51. The van der Waals surface area contributed by atoms with E-state index in [4.69, 9.17) is 0 Å². The standard InChI is InChI=1S/C17H26N6O3S/c1-3-21-12-15(10-18-21)27(25,26)20(2)14-6-7-16-19-23(11-13-4-5-13)17(24)22(16)9-8-14/h10,12-14H,3-9,11H2,1-2H3. The van der Waals surface area contributed by atoms with Crippen LogP contribution >= 0.6 is 0 Å². The third kappa shape index (κ3) is 3.47. The number of hydrogen-bond acceptors (Lipinski definition) is 5. The van der Waals surface area contributed by atoms with E-state index < -0.39 is 10.0 Å². The van der Waals surface area contributed by atoms with Crippen molar-refractivity contribution in [2.75, 3.05) is 7.05 Å². The number of hydrogen-bond donors (Lipinski definition) is 0. The number of fused-ring (bicyclic) bond motifs is 1. The van der Waals surface area contributed by atoms with Gasteiger partial charge in [-0.2, -0.15) is 14.5 Å². The summed E-state index contributed by atoms with van der Waals surface area (Å²) in [5.74, 6) is 1.36. The Balaban J connectivity index is 1.50. The van der Waals surface area contributed by atoms with Gasteiger partial charge in [-0.05, 0) is 38.5 Å². The van der Waals surface area contributed by atoms with Gasteiger partial charge in [0.2, 0.25) is 10.0 Å². The van der Waals surface area contributed by atoms with E-state index in [0.29, 0.717) is 44.8 Å². The molecule has 2 aliphatic rings. The van der Waals surface area contributed by atoms with Crippen molar-refractivity contribution in [3.05, 3.63) is 28.7 Å². The Morgan fingerprint density at radius 3 is 2.70 bits per heavy atom. The van der Waals surface area contributed by atoms with E-state index in [1.807, 2.05) is 6.92 Å². The van der Waals surface area contributed by atoms with E-state index >= 15 is 0 Å². The predicted molar refractivity (Wildman–Crippen MR) is 98.8 cm³/mol. The van der Waals surface area contributed by atoms with Gasteiger partial charge in [0.15, 0.2) is 0 Å². The minimum atomic E-state index is -3.60. The fourth-order valence-electron chi connectivity index (χ4n) is 3.65. The summed E-state index contributed by atoms with van der Waals surface area (Å²) in [6, 6.07) is -0.169. The van der Waals surface area contributed by atoms with Gasteiger partial charge in [-0.25, -0.2) is 17.9 Å². The van der Waals surface area contributed by atoms with Gasteiger partial charge in [0.05, 0.1) is 6.20 Å². The van der Waals surface area contributed by atoms with Crippen molar-refractivity contribution < 1.29 is 8.42 Å². The highest BCUT2D eigenvalue weighted by molar-refractivity contribution is 7.89. The minimum Gasteiger partial charge on any atom is -0.279 e. The second kappa shape index (κ2) is 6.90. The molecule has 1 saturated carbocycles. The number of nitrogens with zero attached hydrogens (tertiary/aromatic N) is 6. The molecule has 1 aliphatic heterocycles. The van der Waals surface area contributed by atoms with Gasteiger partial charge in [0.1, 0.15) is 10.7 Å². The smallest absolute Gasteiger partial charge is 0.279 e. The maximum atomic E-state index is 12.9. The molecule has 0 aromatic carbocycles. The van der Waals surface area contributed by atoms with Gasteiger partial charge in [-0.1, -0.05) is 0 Å². The summed E-state index contributed by atoms with van der Waals surface area (Å²) < 4.78 is 32.2. The normalized spacial score (nSPS) is 20.6. The highest BCUT2D eigenvalue weighted by Crippen LogP contribution is 2.30. The third-order valence-electron chi connectivity index (χ3n) is 5.64. The summed E-state index contributed by atoms with van der Waals surface area (Å²) in [6.07, 6.45) is 7.16. The van der Waals surface area contributed by atoms with Crippen molar-refractivity contribution in [2.45, 2.75) is 69.6 Å². The number of aromatic nitrogens is 5. The quantitative estimate of drug-likeness (QED) is 0.719. The highest BCUT2D eigenvalue weighted by Gasteiger charge is 2.32. The van der Waals surface area contributed by atoms with Crippen LogP contribution in [0.15, 0.2) is 22.1 Å². The second-order valence-corrected chi connectivity index (χ2v) is 9.51. The Morgan fingerprint density at radius 2 is 2.04 bits per heavy atom. The molecule has 1 atom stereocenters. The molecular formula is C17H26N6O3S. The molecule has 10 heteroatoms. The van der Waals surface area contributed by atoms with Crippen LogP contribution in [0.4, 0.5) is 0 Å². The fourth-order valence-corrected chi connectivity index (χ4v) is 5.03. The largest absolute Gasteiger partial charge is 0.345 e. The predicted octanol–water partition coefficient (Wildman–Crippen LogP) is 0.697. The molecule has 1 fully saturated rings. The Bertz CT molecular complexity index is 985. The Kier molecular flexibility index (Phi) is 4.71. The number of aryl methyl sites for hydroxylation is 2. The summed E-state index contributed by atoms with van der Waals surface area (Å²) in [6.45, 7) is 3.74. The lowest BCUT2D eigenvalue weighted by atomic mass is 10.1. The van der Waals surface area contributed by atoms with Gasteiger partial charge in [0, 0.05) is 45.3 Å². The summed E-state index contributed by atoms with van der Waals surface area (Å²) in [5.41, 5.74) is -0.0627. The maximum Gasteiger partial charge on any atom is 0.345 e. The molecule has 3 heterocycles. The SMILES string of the molecule is CCn1cc(S(=O)(=O)N(C)C2CCc3nn(CC4CC4)c(=O)n3CC2)cn1. The van der Waals surface area contributed by atoms with Crippen LogP contribution in [0.25, 0.3) is 0 Å². The number of rotatable bonds is 6. The monoisotopic (exact) mass is 394 g/mol. The fraction of sp³-hybridized carbons (Fsp3) is 0.706. The van der Waals surface area contributed by atoms with Crippen LogP contribution in [0.2, 0.25) is 0 Å².